The van der Waals surface area contributed by atoms with Crippen molar-refractivity contribution in [3.8, 4) is 0 Å². The zero-order valence-corrected chi connectivity index (χ0v) is 23.4. The fourth-order valence-electron chi connectivity index (χ4n) is 3.81. The van der Waals surface area contributed by atoms with Crippen molar-refractivity contribution >= 4 is 75.8 Å². The van der Waals surface area contributed by atoms with Crippen LogP contribution in [0, 0.1) is 15.5 Å². The van der Waals surface area contributed by atoms with E-state index in [9.17, 15) is 34.4 Å². The number of benzene rings is 1. The molecule has 4 rings (SSSR count). The molecule has 2 amide bonds. The summed E-state index contributed by atoms with van der Waals surface area (Å²) in [6.45, 7) is 2.68. The van der Waals surface area contributed by atoms with Gasteiger partial charge in [0, 0.05) is 29.8 Å². The summed E-state index contributed by atoms with van der Waals surface area (Å²) in [4.78, 5) is 70.2. The minimum absolute atomic E-state index is 0. The Morgan fingerprint density at radius 1 is 1.37 bits per heavy atom. The van der Waals surface area contributed by atoms with Crippen molar-refractivity contribution in [2.45, 2.75) is 18.0 Å². The van der Waals surface area contributed by atoms with Crippen LogP contribution in [-0.2, 0) is 35.4 Å². The Morgan fingerprint density at radius 3 is 2.66 bits per heavy atom. The lowest BCUT2D eigenvalue weighted by Crippen LogP contribution is -2.73. The number of amides is 2. The van der Waals surface area contributed by atoms with Crippen molar-refractivity contribution in [3.63, 3.8) is 0 Å². The quantitative estimate of drug-likeness (QED) is 0.0800. The number of thioether (sulfide) groups is 1. The van der Waals surface area contributed by atoms with Crippen molar-refractivity contribution in [2.75, 3.05) is 24.6 Å². The van der Waals surface area contributed by atoms with Crippen molar-refractivity contribution in [1.82, 2.24) is 15.2 Å². The van der Waals surface area contributed by atoms with Crippen LogP contribution in [-0.4, -0.2) is 79.7 Å². The number of nitrogens with one attached hydrogen (secondary N) is 1. The molecule has 1 aromatic heterocycles. The highest BCUT2D eigenvalue weighted by Crippen LogP contribution is 2.42. The molecule has 15 nitrogen and oxygen atoms in total. The maximum absolute atomic E-state index is 13.1. The number of non-ortho nitro benzene ring substituents is 1. The molecule has 2 aliphatic rings. The molecule has 2 aromatic rings. The summed E-state index contributed by atoms with van der Waals surface area (Å²) in [5, 5.41) is 27.7. The van der Waals surface area contributed by atoms with Gasteiger partial charge in [-0.15, -0.1) is 42.1 Å². The third kappa shape index (κ3) is 6.75. The number of carboxylic acids is 1. The first-order chi connectivity index (χ1) is 19.0. The topological polar surface area (TPSA) is 217 Å². The normalized spacial score (nSPS) is 21.4. The monoisotopic (exact) mass is 626 g/mol. The molecule has 1 aromatic carbocycles. The fraction of sp³-hybridized carbons (Fsp3) is 0.304. The molecule has 0 bridgehead atoms. The molecule has 3 atom stereocenters. The van der Waals surface area contributed by atoms with Gasteiger partial charge in [0.2, 0.25) is 12.5 Å². The number of hydrogen-bond donors (Lipinski definition) is 3. The van der Waals surface area contributed by atoms with Gasteiger partial charge < -0.3 is 30.6 Å². The van der Waals surface area contributed by atoms with Crippen LogP contribution in [0.1, 0.15) is 11.3 Å². The predicted octanol–water partition coefficient (Wildman–Crippen LogP) is 1.18. The number of hydrogen-bond acceptors (Lipinski definition) is 13. The lowest BCUT2D eigenvalue weighted by atomic mass is 9.87. The van der Waals surface area contributed by atoms with Crippen LogP contribution in [0.4, 0.5) is 10.8 Å². The minimum Gasteiger partial charge on any atom is -0.481 e. The number of fused-ring (bicyclic) bond motifs is 1. The van der Waals surface area contributed by atoms with Crippen molar-refractivity contribution in [2.24, 2.45) is 10.6 Å². The first-order valence-corrected chi connectivity index (χ1v) is 13.4. The Labute approximate surface area is 246 Å². The van der Waals surface area contributed by atoms with Gasteiger partial charge in [-0.3, -0.25) is 24.5 Å². The largest absolute Gasteiger partial charge is 0.481 e. The first-order valence-electron chi connectivity index (χ1n) is 11.4. The Balaban J connectivity index is 0.00000462. The summed E-state index contributed by atoms with van der Waals surface area (Å²) < 4.78 is 5.05. The molecule has 2 fully saturated rings. The standard InChI is InChI=1S/C23H22N6O9S2.ClH/c1-2-23(21(33)34)10-28-19(32)17(20(28)40-11-23)26-18(31)16(14-9-39-22(24)25-14)27-38-8-15(30)37-7-12-3-5-13(6-4-12)29(35)36;/h2-6,9,17,20H,1,7-8,10-11H2,(H2,24,25)(H,26,31)(H,33,34);1H/t17?,20-,23?;/m1./s1. The number of esters is 1. The second-order valence-electron chi connectivity index (χ2n) is 8.65. The molecule has 3 heterocycles. The number of thiazole rings is 1. The zero-order chi connectivity index (χ0) is 29.0. The van der Waals surface area contributed by atoms with Crippen LogP contribution < -0.4 is 11.1 Å². The van der Waals surface area contributed by atoms with Gasteiger partial charge in [0.1, 0.15) is 29.1 Å². The Bertz CT molecular complexity index is 1400. The van der Waals surface area contributed by atoms with E-state index in [0.717, 1.165) is 11.3 Å². The number of aliphatic carboxylic acids is 1. The molecule has 0 saturated carbocycles. The van der Waals surface area contributed by atoms with E-state index in [1.165, 1.54) is 52.4 Å². The van der Waals surface area contributed by atoms with Gasteiger partial charge in [-0.05, 0) is 17.7 Å². The van der Waals surface area contributed by atoms with Crippen LogP contribution in [0.15, 0.2) is 47.5 Å². The summed E-state index contributed by atoms with van der Waals surface area (Å²) in [6.07, 6.45) is 1.31. The number of halogens is 1. The number of anilines is 1. The molecule has 0 aliphatic carbocycles. The van der Waals surface area contributed by atoms with E-state index in [-0.39, 0.29) is 53.5 Å². The number of aromatic nitrogens is 1. The number of carbonyl (C=O) groups is 4. The summed E-state index contributed by atoms with van der Waals surface area (Å²) in [5.74, 6) is -3.03. The molecule has 18 heteroatoms. The maximum atomic E-state index is 13.1. The van der Waals surface area contributed by atoms with Gasteiger partial charge in [-0.25, -0.2) is 9.78 Å². The number of nitrogens with zero attached hydrogens (tertiary/aromatic N) is 4. The molecular weight excluding hydrogens is 604 g/mol. The van der Waals surface area contributed by atoms with Gasteiger partial charge >= 0.3 is 11.9 Å². The van der Waals surface area contributed by atoms with E-state index in [2.05, 4.69) is 22.0 Å². The van der Waals surface area contributed by atoms with Crippen molar-refractivity contribution in [1.29, 1.82) is 0 Å². The van der Waals surface area contributed by atoms with Crippen LogP contribution in [0.25, 0.3) is 0 Å². The Kier molecular flexibility index (Phi) is 9.90. The molecule has 0 spiro atoms. The highest BCUT2D eigenvalue weighted by molar-refractivity contribution is 8.00. The molecule has 2 saturated heterocycles. The summed E-state index contributed by atoms with van der Waals surface area (Å²) in [7, 11) is 0. The van der Waals surface area contributed by atoms with E-state index in [0.29, 0.717) is 5.56 Å². The van der Waals surface area contributed by atoms with Crippen molar-refractivity contribution in [3.05, 3.63) is 63.7 Å². The Morgan fingerprint density at radius 2 is 2.07 bits per heavy atom. The summed E-state index contributed by atoms with van der Waals surface area (Å²) in [5.41, 5.74) is 4.51. The van der Waals surface area contributed by atoms with Gasteiger partial charge in [0.05, 0.1) is 4.92 Å². The number of nitrogens with two attached hydrogens (primary N) is 1. The number of ether oxygens (including phenoxy) is 1. The van der Waals surface area contributed by atoms with Gasteiger partial charge in [0.15, 0.2) is 10.8 Å². The second-order valence-corrected chi connectivity index (χ2v) is 10.6. The number of oxime groups is 1. The number of rotatable bonds is 11. The molecule has 4 N–H and O–H groups in total. The van der Waals surface area contributed by atoms with Crippen LogP contribution >= 0.6 is 35.5 Å². The number of nitro benzene ring substituents is 1. The molecular formula is C23H23ClN6O9S2. The van der Waals surface area contributed by atoms with E-state index < -0.39 is 52.1 Å². The van der Waals surface area contributed by atoms with Crippen LogP contribution in [0.3, 0.4) is 0 Å². The average molecular weight is 627 g/mol. The predicted molar refractivity (Wildman–Crippen MR) is 149 cm³/mol. The van der Waals surface area contributed by atoms with Gasteiger partial charge in [-0.1, -0.05) is 11.2 Å². The van der Waals surface area contributed by atoms with Crippen LogP contribution in [0.2, 0.25) is 0 Å². The lowest BCUT2D eigenvalue weighted by molar-refractivity contribution is -0.384. The summed E-state index contributed by atoms with van der Waals surface area (Å²) >= 11 is 2.24. The second kappa shape index (κ2) is 13.0. The fourth-order valence-corrected chi connectivity index (χ4v) is 5.90. The maximum Gasteiger partial charge on any atom is 0.347 e. The number of nitro groups is 1. The summed E-state index contributed by atoms with van der Waals surface area (Å²) in [6, 6.07) is 4.47. The minimum atomic E-state index is -1.28. The van der Waals surface area contributed by atoms with E-state index in [4.69, 9.17) is 15.3 Å². The van der Waals surface area contributed by atoms with E-state index >= 15 is 0 Å². The third-order valence-electron chi connectivity index (χ3n) is 6.07. The van der Waals surface area contributed by atoms with Crippen molar-refractivity contribution < 1.29 is 38.8 Å². The average Bonchev–Trinajstić information content (AvgIpc) is 3.37. The first kappa shape index (κ1) is 31.3. The SMILES string of the molecule is C=CC1(C(=O)O)CS[C@@H]2C(NC(=O)C(=NOCC(=O)OCc3ccc([N+](=O)[O-])cc3)c3csc(N)n3)C(=O)N2C1.Cl. The molecule has 41 heavy (non-hydrogen) atoms. The smallest absolute Gasteiger partial charge is 0.347 e. The van der Waals surface area contributed by atoms with Gasteiger partial charge in [-0.2, -0.15) is 0 Å². The van der Waals surface area contributed by atoms with Gasteiger partial charge in [0.25, 0.3) is 11.6 Å². The van der Waals surface area contributed by atoms with E-state index in [1.807, 2.05) is 0 Å². The molecule has 0 radical (unpaired) electrons. The highest BCUT2D eigenvalue weighted by Gasteiger charge is 2.56. The number of carbonyl (C=O) groups excluding carboxylic acids is 3. The number of β-lactam (4-membered cyclic amide) rings is 1. The third-order valence-corrected chi connectivity index (χ3v) is 8.30. The van der Waals surface area contributed by atoms with E-state index in [1.54, 1.807) is 0 Å². The zero-order valence-electron chi connectivity index (χ0n) is 21.0. The number of carboxylic acid groups (broad SMARTS) is 1. The number of nitrogen functional groups attached to an aromatic ring is 1. The molecule has 2 aliphatic heterocycles. The molecule has 218 valence electrons. The Hall–Kier alpha value is -4.22. The highest BCUT2D eigenvalue weighted by atomic mass is 35.5. The lowest BCUT2D eigenvalue weighted by Gasteiger charge is -2.53. The molecule has 2 unspecified atom stereocenters. The van der Waals surface area contributed by atoms with Crippen LogP contribution in [0.5, 0.6) is 0 Å².